The zero-order valence-electron chi connectivity index (χ0n) is 11.8. The summed E-state index contributed by atoms with van der Waals surface area (Å²) in [5.41, 5.74) is 1.90. The molecule has 1 aromatic rings. The summed E-state index contributed by atoms with van der Waals surface area (Å²) in [4.78, 5) is 11.6. The van der Waals surface area contributed by atoms with E-state index in [9.17, 15) is 4.79 Å². The number of hydrogen-bond donors (Lipinski definition) is 2. The summed E-state index contributed by atoms with van der Waals surface area (Å²) in [6, 6.07) is 1.98. The number of carbonyl (C=O) groups excluding carboxylic acids is 1. The summed E-state index contributed by atoms with van der Waals surface area (Å²) < 4.78 is 5.21. The van der Waals surface area contributed by atoms with E-state index in [1.807, 2.05) is 13.0 Å². The highest BCUT2D eigenvalue weighted by molar-refractivity contribution is 5.80. The van der Waals surface area contributed by atoms with Gasteiger partial charge in [-0.15, -0.1) is 0 Å². The molecule has 0 spiro atoms. The van der Waals surface area contributed by atoms with Gasteiger partial charge in [0, 0.05) is 12.0 Å². The fourth-order valence-corrected chi connectivity index (χ4v) is 1.49. The lowest BCUT2D eigenvalue weighted by Gasteiger charge is -2.13. The summed E-state index contributed by atoms with van der Waals surface area (Å²) in [5.74, 6) is -0.108. The average molecular weight is 253 g/mol. The normalized spacial score (nSPS) is 13.4. The maximum absolute atomic E-state index is 11.6. The second-order valence-corrected chi connectivity index (χ2v) is 5.34. The fourth-order valence-electron chi connectivity index (χ4n) is 1.49. The van der Waals surface area contributed by atoms with Gasteiger partial charge in [0.2, 0.25) is 5.91 Å². The van der Waals surface area contributed by atoms with Crippen LogP contribution in [-0.4, -0.2) is 28.8 Å². The van der Waals surface area contributed by atoms with E-state index in [0.717, 1.165) is 11.4 Å². The van der Waals surface area contributed by atoms with Crippen LogP contribution in [0.1, 0.15) is 46.0 Å². The molecule has 1 aromatic heterocycles. The summed E-state index contributed by atoms with van der Waals surface area (Å²) >= 11 is 0. The Morgan fingerprint density at radius 2 is 2.22 bits per heavy atom. The van der Waals surface area contributed by atoms with Gasteiger partial charge < -0.3 is 10.1 Å². The van der Waals surface area contributed by atoms with E-state index >= 15 is 0 Å². The van der Waals surface area contributed by atoms with Crippen molar-refractivity contribution in [1.82, 2.24) is 15.5 Å². The number of aromatic nitrogens is 2. The molecule has 1 rings (SSSR count). The first-order valence-corrected chi connectivity index (χ1v) is 6.28. The molecule has 0 radical (unpaired) electrons. The zero-order valence-corrected chi connectivity index (χ0v) is 11.8. The highest BCUT2D eigenvalue weighted by Crippen LogP contribution is 2.20. The molecule has 0 bridgehead atoms. The predicted octanol–water partition coefficient (Wildman–Crippen LogP) is 1.75. The largest absolute Gasteiger partial charge is 0.369 e. The third kappa shape index (κ3) is 4.14. The van der Waals surface area contributed by atoms with Crippen molar-refractivity contribution in [3.8, 4) is 0 Å². The molecule has 2 N–H and O–H groups in total. The van der Waals surface area contributed by atoms with Crippen molar-refractivity contribution in [3.63, 3.8) is 0 Å². The lowest BCUT2D eigenvalue weighted by Crippen LogP contribution is -2.34. The predicted molar refractivity (Wildman–Crippen MR) is 70.2 cm³/mol. The molecule has 5 heteroatoms. The van der Waals surface area contributed by atoms with Crippen molar-refractivity contribution >= 4 is 5.91 Å². The summed E-state index contributed by atoms with van der Waals surface area (Å²) in [6.45, 7) is 10.9. The van der Waals surface area contributed by atoms with Crippen molar-refractivity contribution in [3.05, 3.63) is 17.5 Å². The number of ether oxygens (including phenoxy) is 1. The molecule has 0 aliphatic rings. The van der Waals surface area contributed by atoms with Gasteiger partial charge in [-0.3, -0.25) is 9.89 Å². The highest BCUT2D eigenvalue weighted by Gasteiger charge is 2.18. The number of H-pyrrole nitrogens is 1. The molecular weight excluding hydrogens is 230 g/mol. The molecule has 0 saturated carbocycles. The topological polar surface area (TPSA) is 67.0 Å². The second kappa shape index (κ2) is 6.00. The van der Waals surface area contributed by atoms with E-state index in [0.29, 0.717) is 13.2 Å². The number of nitrogens with one attached hydrogen (secondary N) is 2. The number of nitrogens with zero attached hydrogens (tertiary/aromatic N) is 1. The standard InChI is InChI=1S/C13H23N3O2/c1-6-18-9(2)12(17)14-8-10-7-11(16-15-10)13(3,4)5/h7,9H,6,8H2,1-5H3,(H,14,17)(H,15,16)/t9-/m1/s1. The monoisotopic (exact) mass is 253 g/mol. The molecule has 18 heavy (non-hydrogen) atoms. The molecular formula is C13H23N3O2. The van der Waals surface area contributed by atoms with Crippen LogP contribution in [0.4, 0.5) is 0 Å². The third-order valence-corrected chi connectivity index (χ3v) is 2.64. The van der Waals surface area contributed by atoms with Gasteiger partial charge in [-0.2, -0.15) is 5.10 Å². The Bertz CT molecular complexity index is 393. The third-order valence-electron chi connectivity index (χ3n) is 2.64. The second-order valence-electron chi connectivity index (χ2n) is 5.34. The van der Waals surface area contributed by atoms with Gasteiger partial charge in [0.05, 0.1) is 17.9 Å². The van der Waals surface area contributed by atoms with E-state index in [1.54, 1.807) is 6.92 Å². The smallest absolute Gasteiger partial charge is 0.249 e. The van der Waals surface area contributed by atoms with Crippen molar-refractivity contribution in [2.45, 2.75) is 52.7 Å². The van der Waals surface area contributed by atoms with Crippen LogP contribution >= 0.6 is 0 Å². The first-order chi connectivity index (χ1) is 8.34. The first kappa shape index (κ1) is 14.7. The zero-order chi connectivity index (χ0) is 13.8. The van der Waals surface area contributed by atoms with Crippen molar-refractivity contribution in [2.75, 3.05) is 6.61 Å². The van der Waals surface area contributed by atoms with Gasteiger partial charge in [-0.05, 0) is 19.9 Å². The SMILES string of the molecule is CCO[C@H](C)C(=O)NCc1cc(C(C)(C)C)n[nH]1. The van der Waals surface area contributed by atoms with Crippen molar-refractivity contribution in [2.24, 2.45) is 0 Å². The molecule has 0 saturated heterocycles. The van der Waals surface area contributed by atoms with Gasteiger partial charge in [-0.1, -0.05) is 20.8 Å². The molecule has 0 aliphatic carbocycles. The van der Waals surface area contributed by atoms with E-state index < -0.39 is 6.10 Å². The number of carbonyl (C=O) groups is 1. The van der Waals surface area contributed by atoms with E-state index in [4.69, 9.17) is 4.74 Å². The van der Waals surface area contributed by atoms with Crippen LogP contribution in [0.5, 0.6) is 0 Å². The lowest BCUT2D eigenvalue weighted by atomic mass is 9.92. The first-order valence-electron chi connectivity index (χ1n) is 6.28. The molecule has 0 unspecified atom stereocenters. The molecule has 1 heterocycles. The van der Waals surface area contributed by atoms with Gasteiger partial charge in [0.25, 0.3) is 0 Å². The van der Waals surface area contributed by atoms with E-state index in [1.165, 1.54) is 0 Å². The highest BCUT2D eigenvalue weighted by atomic mass is 16.5. The fraction of sp³-hybridized carbons (Fsp3) is 0.692. The van der Waals surface area contributed by atoms with Crippen molar-refractivity contribution < 1.29 is 9.53 Å². The molecule has 0 aliphatic heterocycles. The van der Waals surface area contributed by atoms with Crippen LogP contribution < -0.4 is 5.32 Å². The van der Waals surface area contributed by atoms with Crippen LogP contribution in [0.15, 0.2) is 6.07 Å². The van der Waals surface area contributed by atoms with Crippen LogP contribution in [0.3, 0.4) is 0 Å². The maximum atomic E-state index is 11.6. The number of rotatable bonds is 5. The quantitative estimate of drug-likeness (QED) is 0.840. The molecule has 5 nitrogen and oxygen atoms in total. The van der Waals surface area contributed by atoms with Gasteiger partial charge >= 0.3 is 0 Å². The van der Waals surface area contributed by atoms with Crippen LogP contribution in [0, 0.1) is 0 Å². The van der Waals surface area contributed by atoms with E-state index in [2.05, 4.69) is 36.3 Å². The Morgan fingerprint density at radius 3 is 2.72 bits per heavy atom. The van der Waals surface area contributed by atoms with Crippen LogP contribution in [-0.2, 0) is 21.5 Å². The molecule has 1 amide bonds. The summed E-state index contributed by atoms with van der Waals surface area (Å²) in [6.07, 6.45) is -0.417. The minimum atomic E-state index is -0.417. The molecule has 1 atom stereocenters. The van der Waals surface area contributed by atoms with Gasteiger partial charge in [0.15, 0.2) is 0 Å². The molecule has 102 valence electrons. The number of aromatic amines is 1. The Morgan fingerprint density at radius 1 is 1.56 bits per heavy atom. The van der Waals surface area contributed by atoms with E-state index in [-0.39, 0.29) is 11.3 Å². The maximum Gasteiger partial charge on any atom is 0.249 e. The Kier molecular flexibility index (Phi) is 4.90. The summed E-state index contributed by atoms with van der Waals surface area (Å²) in [7, 11) is 0. The summed E-state index contributed by atoms with van der Waals surface area (Å²) in [5, 5.41) is 9.99. The Labute approximate surface area is 108 Å². The van der Waals surface area contributed by atoms with Gasteiger partial charge in [0.1, 0.15) is 6.10 Å². The minimum Gasteiger partial charge on any atom is -0.369 e. The minimum absolute atomic E-state index is 0.0113. The van der Waals surface area contributed by atoms with Crippen molar-refractivity contribution in [1.29, 1.82) is 0 Å². The Hall–Kier alpha value is -1.36. The molecule has 0 fully saturated rings. The Balaban J connectivity index is 2.49. The van der Waals surface area contributed by atoms with Crippen LogP contribution in [0.2, 0.25) is 0 Å². The lowest BCUT2D eigenvalue weighted by molar-refractivity contribution is -0.131. The van der Waals surface area contributed by atoms with Crippen LogP contribution in [0.25, 0.3) is 0 Å². The van der Waals surface area contributed by atoms with Gasteiger partial charge in [-0.25, -0.2) is 0 Å². The number of amides is 1. The average Bonchev–Trinajstić information content (AvgIpc) is 2.74. The molecule has 0 aromatic carbocycles. The number of hydrogen-bond acceptors (Lipinski definition) is 3.